The smallest absolute Gasteiger partial charge is 0.165 e. The lowest BCUT2D eigenvalue weighted by atomic mass is 9.74. The zero-order valence-corrected chi connectivity index (χ0v) is 10.8. The first-order valence-corrected chi connectivity index (χ1v) is 6.17. The van der Waals surface area contributed by atoms with Crippen molar-refractivity contribution in [2.24, 2.45) is 0 Å². The summed E-state index contributed by atoms with van der Waals surface area (Å²) >= 11 is 0. The summed E-state index contributed by atoms with van der Waals surface area (Å²) in [4.78, 5) is 0. The molecule has 0 heterocycles. The number of rotatable bonds is 5. The van der Waals surface area contributed by atoms with Crippen LogP contribution in [-0.4, -0.2) is 31.0 Å². The van der Waals surface area contributed by atoms with Crippen molar-refractivity contribution in [2.45, 2.75) is 37.4 Å². The van der Waals surface area contributed by atoms with Crippen LogP contribution >= 0.6 is 0 Å². The van der Waals surface area contributed by atoms with E-state index in [2.05, 4.69) is 0 Å². The fourth-order valence-electron chi connectivity index (χ4n) is 2.44. The average Bonchev–Trinajstić information content (AvgIpc) is 2.28. The lowest BCUT2D eigenvalue weighted by Crippen LogP contribution is -2.50. The molecule has 1 saturated carbocycles. The van der Waals surface area contributed by atoms with E-state index in [0.717, 1.165) is 24.8 Å². The highest BCUT2D eigenvalue weighted by Gasteiger charge is 2.43. The van der Waals surface area contributed by atoms with Gasteiger partial charge >= 0.3 is 0 Å². The number of ether oxygens (including phenoxy) is 2. The van der Waals surface area contributed by atoms with Gasteiger partial charge in [-0.15, -0.1) is 0 Å². The van der Waals surface area contributed by atoms with Crippen molar-refractivity contribution in [3.05, 3.63) is 29.6 Å². The van der Waals surface area contributed by atoms with Gasteiger partial charge in [-0.25, -0.2) is 4.39 Å². The Bertz CT molecular complexity index is 410. The molecule has 1 aromatic rings. The minimum atomic E-state index is -0.593. The van der Waals surface area contributed by atoms with Crippen LogP contribution in [0.3, 0.4) is 0 Å². The molecule has 1 N–H and O–H groups in total. The summed E-state index contributed by atoms with van der Waals surface area (Å²) < 4.78 is 23.8. The summed E-state index contributed by atoms with van der Waals surface area (Å²) in [5.41, 5.74) is 0.320. The Morgan fingerprint density at radius 1 is 1.39 bits per heavy atom. The molecule has 0 aliphatic heterocycles. The molecule has 0 spiro atoms. The number of hydrogen-bond acceptors (Lipinski definition) is 3. The standard InChI is InChI=1S/C14H19FO3/c1-17-12-5-4-10(8-11(12)15)9-13(16)14(18-2)6-3-7-14/h4-5,8,13,16H,3,6-7,9H2,1-2H3. The molecule has 1 aliphatic carbocycles. The lowest BCUT2D eigenvalue weighted by Gasteiger charge is -2.44. The second kappa shape index (κ2) is 5.24. The van der Waals surface area contributed by atoms with E-state index in [9.17, 15) is 9.50 Å². The largest absolute Gasteiger partial charge is 0.494 e. The van der Waals surface area contributed by atoms with Crippen molar-refractivity contribution < 1.29 is 19.0 Å². The molecule has 0 saturated heterocycles. The summed E-state index contributed by atoms with van der Waals surface area (Å²) in [5.74, 6) is -0.180. The molecular formula is C14H19FO3. The van der Waals surface area contributed by atoms with Gasteiger partial charge in [-0.2, -0.15) is 0 Å². The van der Waals surface area contributed by atoms with Crippen LogP contribution in [0.1, 0.15) is 24.8 Å². The van der Waals surface area contributed by atoms with Gasteiger partial charge in [0.1, 0.15) is 0 Å². The Morgan fingerprint density at radius 3 is 2.56 bits per heavy atom. The Morgan fingerprint density at radius 2 is 2.11 bits per heavy atom. The van der Waals surface area contributed by atoms with E-state index in [1.807, 2.05) is 0 Å². The normalized spacial score (nSPS) is 19.1. The van der Waals surface area contributed by atoms with Crippen molar-refractivity contribution >= 4 is 0 Å². The van der Waals surface area contributed by atoms with E-state index in [1.165, 1.54) is 13.2 Å². The number of aliphatic hydroxyl groups excluding tert-OH is 1. The lowest BCUT2D eigenvalue weighted by molar-refractivity contribution is -0.148. The maximum absolute atomic E-state index is 13.5. The van der Waals surface area contributed by atoms with Gasteiger partial charge in [0.15, 0.2) is 11.6 Å². The van der Waals surface area contributed by atoms with Gasteiger partial charge in [0.25, 0.3) is 0 Å². The third-order valence-corrected chi connectivity index (χ3v) is 3.86. The molecule has 4 heteroatoms. The van der Waals surface area contributed by atoms with Crippen LogP contribution in [0.25, 0.3) is 0 Å². The zero-order valence-electron chi connectivity index (χ0n) is 10.8. The third-order valence-electron chi connectivity index (χ3n) is 3.86. The van der Waals surface area contributed by atoms with Gasteiger partial charge in [-0.1, -0.05) is 6.07 Å². The monoisotopic (exact) mass is 254 g/mol. The predicted octanol–water partition coefficient (Wildman–Crippen LogP) is 2.31. The number of halogens is 1. The van der Waals surface area contributed by atoms with Crippen LogP contribution in [0, 0.1) is 5.82 Å². The number of aliphatic hydroxyl groups is 1. The first-order chi connectivity index (χ1) is 8.61. The molecule has 0 radical (unpaired) electrons. The molecule has 1 fully saturated rings. The minimum Gasteiger partial charge on any atom is -0.494 e. The minimum absolute atomic E-state index is 0.221. The van der Waals surface area contributed by atoms with Crippen LogP contribution in [0.2, 0.25) is 0 Å². The van der Waals surface area contributed by atoms with Gasteiger partial charge < -0.3 is 14.6 Å². The zero-order chi connectivity index (χ0) is 13.2. The topological polar surface area (TPSA) is 38.7 Å². The van der Waals surface area contributed by atoms with Crippen molar-refractivity contribution in [1.82, 2.24) is 0 Å². The maximum Gasteiger partial charge on any atom is 0.165 e. The molecule has 1 atom stereocenters. The summed E-state index contributed by atoms with van der Waals surface area (Å²) in [6.45, 7) is 0. The Kier molecular flexibility index (Phi) is 3.88. The Labute approximate surface area is 107 Å². The number of methoxy groups -OCH3 is 2. The second-order valence-electron chi connectivity index (χ2n) is 4.81. The van der Waals surface area contributed by atoms with Gasteiger partial charge in [0.05, 0.1) is 18.8 Å². The predicted molar refractivity (Wildman–Crippen MR) is 66.3 cm³/mol. The van der Waals surface area contributed by atoms with Crippen molar-refractivity contribution in [2.75, 3.05) is 14.2 Å². The van der Waals surface area contributed by atoms with E-state index in [-0.39, 0.29) is 5.75 Å². The van der Waals surface area contributed by atoms with Crippen LogP contribution < -0.4 is 4.74 Å². The number of benzene rings is 1. The van der Waals surface area contributed by atoms with Gasteiger partial charge in [0.2, 0.25) is 0 Å². The molecular weight excluding hydrogens is 235 g/mol. The van der Waals surface area contributed by atoms with Gasteiger partial charge in [-0.05, 0) is 37.0 Å². The van der Waals surface area contributed by atoms with Crippen LogP contribution in [-0.2, 0) is 11.2 Å². The SMILES string of the molecule is COc1ccc(CC(O)C2(OC)CCC2)cc1F. The molecule has 1 aromatic carbocycles. The highest BCUT2D eigenvalue weighted by Crippen LogP contribution is 2.39. The van der Waals surface area contributed by atoms with E-state index in [0.29, 0.717) is 6.42 Å². The van der Waals surface area contributed by atoms with Crippen molar-refractivity contribution in [1.29, 1.82) is 0 Å². The van der Waals surface area contributed by atoms with Crippen LogP contribution in [0.15, 0.2) is 18.2 Å². The molecule has 1 aliphatic rings. The fourth-order valence-corrected chi connectivity index (χ4v) is 2.44. The van der Waals surface area contributed by atoms with Gasteiger partial charge in [-0.3, -0.25) is 0 Å². The van der Waals surface area contributed by atoms with E-state index < -0.39 is 17.5 Å². The van der Waals surface area contributed by atoms with Crippen LogP contribution in [0.5, 0.6) is 5.75 Å². The number of hydrogen-bond donors (Lipinski definition) is 1. The quantitative estimate of drug-likeness (QED) is 0.876. The molecule has 18 heavy (non-hydrogen) atoms. The molecule has 0 bridgehead atoms. The van der Waals surface area contributed by atoms with Gasteiger partial charge in [0, 0.05) is 13.5 Å². The Balaban J connectivity index is 2.07. The Hall–Kier alpha value is -1.13. The first kappa shape index (κ1) is 13.3. The van der Waals surface area contributed by atoms with Crippen molar-refractivity contribution in [3.63, 3.8) is 0 Å². The molecule has 0 aromatic heterocycles. The van der Waals surface area contributed by atoms with E-state index in [1.54, 1.807) is 19.2 Å². The molecule has 2 rings (SSSR count). The summed E-state index contributed by atoms with van der Waals surface area (Å²) in [6.07, 6.45) is 2.60. The summed E-state index contributed by atoms with van der Waals surface area (Å²) in [7, 11) is 3.05. The summed E-state index contributed by atoms with van der Waals surface area (Å²) in [6, 6.07) is 4.76. The molecule has 1 unspecified atom stereocenters. The average molecular weight is 254 g/mol. The van der Waals surface area contributed by atoms with E-state index in [4.69, 9.17) is 9.47 Å². The van der Waals surface area contributed by atoms with Crippen LogP contribution in [0.4, 0.5) is 4.39 Å². The summed E-state index contributed by atoms with van der Waals surface area (Å²) in [5, 5.41) is 10.2. The molecule has 3 nitrogen and oxygen atoms in total. The second-order valence-corrected chi connectivity index (χ2v) is 4.81. The maximum atomic E-state index is 13.5. The third kappa shape index (κ3) is 2.35. The molecule has 0 amide bonds. The highest BCUT2D eigenvalue weighted by atomic mass is 19.1. The fraction of sp³-hybridized carbons (Fsp3) is 0.571. The highest BCUT2D eigenvalue weighted by molar-refractivity contribution is 5.30. The van der Waals surface area contributed by atoms with E-state index >= 15 is 0 Å². The molecule has 100 valence electrons. The van der Waals surface area contributed by atoms with Crippen molar-refractivity contribution in [3.8, 4) is 5.75 Å². The first-order valence-electron chi connectivity index (χ1n) is 6.17.